The van der Waals surface area contributed by atoms with Crippen molar-refractivity contribution in [3.63, 3.8) is 0 Å². The Kier molecular flexibility index (Phi) is 5.84. The lowest BCUT2D eigenvalue weighted by Crippen LogP contribution is -2.32. The van der Waals surface area contributed by atoms with Crippen LogP contribution in [0.3, 0.4) is 0 Å². The second-order valence-electron chi connectivity index (χ2n) is 6.05. The van der Waals surface area contributed by atoms with Crippen LogP contribution in [0.4, 0.5) is 0 Å². The van der Waals surface area contributed by atoms with Crippen LogP contribution in [-0.4, -0.2) is 46.8 Å². The van der Waals surface area contributed by atoms with Crippen LogP contribution in [0.15, 0.2) is 24.5 Å². The summed E-state index contributed by atoms with van der Waals surface area (Å²) in [4.78, 5) is 33.8. The fraction of sp³-hybridized carbons (Fsp3) is 0.529. The van der Waals surface area contributed by atoms with Crippen LogP contribution in [0.1, 0.15) is 42.4 Å². The van der Waals surface area contributed by atoms with Crippen molar-refractivity contribution >= 4 is 11.8 Å². The largest absolute Gasteiger partial charge is 0.354 e. The molecule has 0 aliphatic carbocycles. The van der Waals surface area contributed by atoms with Gasteiger partial charge in [-0.1, -0.05) is 6.58 Å². The topological polar surface area (TPSA) is 75.2 Å². The second kappa shape index (κ2) is 7.85. The molecule has 2 rings (SSSR count). The first-order chi connectivity index (χ1) is 11.0. The molecule has 1 unspecified atom stereocenters. The van der Waals surface area contributed by atoms with Crippen molar-refractivity contribution in [2.75, 3.05) is 20.1 Å². The summed E-state index contributed by atoms with van der Waals surface area (Å²) >= 11 is 0. The van der Waals surface area contributed by atoms with Gasteiger partial charge in [0.2, 0.25) is 5.91 Å². The molecule has 0 aromatic carbocycles. The molecule has 1 N–H and O–H groups in total. The molecule has 6 nitrogen and oxygen atoms in total. The molecule has 1 atom stereocenters. The van der Waals surface area contributed by atoms with Crippen LogP contribution in [0, 0.1) is 5.92 Å². The normalized spacial score (nSPS) is 18.2. The summed E-state index contributed by atoms with van der Waals surface area (Å²) in [7, 11) is 1.59. The molecular weight excluding hydrogens is 292 g/mol. The maximum absolute atomic E-state index is 12.0. The van der Waals surface area contributed by atoms with Gasteiger partial charge in [-0.3, -0.25) is 9.59 Å². The van der Waals surface area contributed by atoms with Gasteiger partial charge in [0.25, 0.3) is 5.91 Å². The van der Waals surface area contributed by atoms with Gasteiger partial charge in [-0.25, -0.2) is 9.97 Å². The SMILES string of the molecule is C=C(C)C(=O)N1CCCC(Cc2cc(C(=O)NC)ncn2)CC1. The van der Waals surface area contributed by atoms with Gasteiger partial charge < -0.3 is 10.2 Å². The van der Waals surface area contributed by atoms with E-state index in [1.165, 1.54) is 6.33 Å². The van der Waals surface area contributed by atoms with E-state index >= 15 is 0 Å². The monoisotopic (exact) mass is 316 g/mol. The van der Waals surface area contributed by atoms with E-state index in [4.69, 9.17) is 0 Å². The summed E-state index contributed by atoms with van der Waals surface area (Å²) in [6, 6.07) is 1.75. The Morgan fingerprint density at radius 3 is 2.83 bits per heavy atom. The number of hydrogen-bond acceptors (Lipinski definition) is 4. The number of carbonyl (C=O) groups is 2. The number of nitrogens with one attached hydrogen (secondary N) is 1. The van der Waals surface area contributed by atoms with Crippen molar-refractivity contribution in [2.45, 2.75) is 32.6 Å². The number of hydrogen-bond donors (Lipinski definition) is 1. The van der Waals surface area contributed by atoms with Crippen molar-refractivity contribution in [2.24, 2.45) is 5.92 Å². The van der Waals surface area contributed by atoms with Crippen LogP contribution in [0.2, 0.25) is 0 Å². The van der Waals surface area contributed by atoms with E-state index in [1.807, 2.05) is 4.90 Å². The minimum atomic E-state index is -0.201. The fourth-order valence-corrected chi connectivity index (χ4v) is 2.90. The Balaban J connectivity index is 1.97. The molecule has 0 bridgehead atoms. The van der Waals surface area contributed by atoms with Gasteiger partial charge >= 0.3 is 0 Å². The first-order valence-corrected chi connectivity index (χ1v) is 7.99. The molecule has 1 aliphatic heterocycles. The average molecular weight is 316 g/mol. The zero-order chi connectivity index (χ0) is 16.8. The van der Waals surface area contributed by atoms with Crippen molar-refractivity contribution in [1.82, 2.24) is 20.2 Å². The molecule has 1 fully saturated rings. The van der Waals surface area contributed by atoms with Crippen molar-refractivity contribution in [3.8, 4) is 0 Å². The predicted molar refractivity (Wildman–Crippen MR) is 87.9 cm³/mol. The summed E-state index contributed by atoms with van der Waals surface area (Å²) in [5, 5.41) is 2.57. The molecule has 1 aromatic rings. The summed E-state index contributed by atoms with van der Waals surface area (Å²) in [6.45, 7) is 7.03. The summed E-state index contributed by atoms with van der Waals surface area (Å²) in [5.41, 5.74) is 1.86. The lowest BCUT2D eigenvalue weighted by molar-refractivity contribution is -0.127. The molecular formula is C17H24N4O2. The molecule has 1 aliphatic rings. The quantitative estimate of drug-likeness (QED) is 0.856. The third-order valence-electron chi connectivity index (χ3n) is 4.18. The molecule has 0 spiro atoms. The Hall–Kier alpha value is -2.24. The van der Waals surface area contributed by atoms with E-state index in [2.05, 4.69) is 21.9 Å². The van der Waals surface area contributed by atoms with Gasteiger partial charge in [0.05, 0.1) is 0 Å². The van der Waals surface area contributed by atoms with Gasteiger partial charge in [0.15, 0.2) is 0 Å². The van der Waals surface area contributed by atoms with E-state index in [9.17, 15) is 9.59 Å². The Morgan fingerprint density at radius 1 is 1.35 bits per heavy atom. The highest BCUT2D eigenvalue weighted by Gasteiger charge is 2.21. The molecule has 1 saturated heterocycles. The van der Waals surface area contributed by atoms with Gasteiger partial charge in [0.1, 0.15) is 12.0 Å². The smallest absolute Gasteiger partial charge is 0.269 e. The lowest BCUT2D eigenvalue weighted by atomic mass is 9.95. The zero-order valence-electron chi connectivity index (χ0n) is 13.8. The maximum Gasteiger partial charge on any atom is 0.269 e. The number of nitrogens with zero attached hydrogens (tertiary/aromatic N) is 3. The number of amides is 2. The van der Waals surface area contributed by atoms with Crippen molar-refractivity contribution in [3.05, 3.63) is 35.9 Å². The molecule has 2 amide bonds. The highest BCUT2D eigenvalue weighted by Crippen LogP contribution is 2.22. The summed E-state index contributed by atoms with van der Waals surface area (Å²) < 4.78 is 0. The van der Waals surface area contributed by atoms with Crippen molar-refractivity contribution in [1.29, 1.82) is 0 Å². The van der Waals surface area contributed by atoms with Crippen LogP contribution >= 0.6 is 0 Å². The Bertz CT molecular complexity index is 600. The standard InChI is InChI=1S/C17H24N4O2/c1-12(2)17(23)21-7-4-5-13(6-8-21)9-14-10-15(16(22)18-3)20-11-19-14/h10-11,13H,1,4-9H2,2-3H3,(H,18,22). The molecule has 0 saturated carbocycles. The third-order valence-corrected chi connectivity index (χ3v) is 4.18. The summed E-state index contributed by atoms with van der Waals surface area (Å²) in [5.74, 6) is 0.313. The Morgan fingerprint density at radius 2 is 2.13 bits per heavy atom. The molecule has 1 aromatic heterocycles. The number of aromatic nitrogens is 2. The zero-order valence-corrected chi connectivity index (χ0v) is 13.8. The van der Waals surface area contributed by atoms with Gasteiger partial charge in [0, 0.05) is 31.4 Å². The highest BCUT2D eigenvalue weighted by molar-refractivity contribution is 5.92. The van der Waals surface area contributed by atoms with E-state index in [0.29, 0.717) is 17.2 Å². The molecule has 23 heavy (non-hydrogen) atoms. The molecule has 124 valence electrons. The predicted octanol–water partition coefficient (Wildman–Crippen LogP) is 1.58. The second-order valence-corrected chi connectivity index (χ2v) is 6.05. The minimum absolute atomic E-state index is 0.0505. The minimum Gasteiger partial charge on any atom is -0.354 e. The van der Waals surface area contributed by atoms with Crippen molar-refractivity contribution < 1.29 is 9.59 Å². The fourth-order valence-electron chi connectivity index (χ4n) is 2.90. The third kappa shape index (κ3) is 4.61. The van der Waals surface area contributed by atoms with Gasteiger partial charge in [-0.05, 0) is 44.6 Å². The van der Waals surface area contributed by atoms with Crippen LogP contribution in [0.5, 0.6) is 0 Å². The number of likely N-dealkylation sites (tertiary alicyclic amines) is 1. The van der Waals surface area contributed by atoms with Gasteiger partial charge in [-0.2, -0.15) is 0 Å². The number of rotatable bonds is 4. The van der Waals surface area contributed by atoms with Crippen LogP contribution < -0.4 is 5.32 Å². The summed E-state index contributed by atoms with van der Waals surface area (Å²) in [6.07, 6.45) is 5.23. The molecule has 6 heteroatoms. The highest BCUT2D eigenvalue weighted by atomic mass is 16.2. The first-order valence-electron chi connectivity index (χ1n) is 7.99. The van der Waals surface area contributed by atoms with Gasteiger partial charge in [-0.15, -0.1) is 0 Å². The Labute approximate surface area is 137 Å². The van der Waals surface area contributed by atoms with E-state index < -0.39 is 0 Å². The molecule has 2 heterocycles. The first kappa shape index (κ1) is 17.1. The molecule has 0 radical (unpaired) electrons. The van der Waals surface area contributed by atoms with E-state index in [0.717, 1.165) is 44.5 Å². The lowest BCUT2D eigenvalue weighted by Gasteiger charge is -2.20. The van der Waals surface area contributed by atoms with Crippen LogP contribution in [-0.2, 0) is 11.2 Å². The van der Waals surface area contributed by atoms with E-state index in [1.54, 1.807) is 20.0 Å². The van der Waals surface area contributed by atoms with E-state index in [-0.39, 0.29) is 11.8 Å². The number of carbonyl (C=O) groups excluding carboxylic acids is 2. The van der Waals surface area contributed by atoms with Crippen LogP contribution in [0.25, 0.3) is 0 Å². The maximum atomic E-state index is 12.0. The average Bonchev–Trinajstić information content (AvgIpc) is 2.79.